The molecule has 12 rings (SSSR count). The van der Waals surface area contributed by atoms with Crippen LogP contribution in [0.4, 0.5) is 11.4 Å². The second-order valence-electron chi connectivity index (χ2n) is 15.9. The fraction of sp³-hybridized carbons (Fsp3) is 0.0943. The van der Waals surface area contributed by atoms with Gasteiger partial charge in [0.05, 0.1) is 5.70 Å². The summed E-state index contributed by atoms with van der Waals surface area (Å²) in [7, 11) is 0. The van der Waals surface area contributed by atoms with Gasteiger partial charge in [0.2, 0.25) is 0 Å². The van der Waals surface area contributed by atoms with Gasteiger partial charge in [0, 0.05) is 43.7 Å². The van der Waals surface area contributed by atoms with Gasteiger partial charge in [-0.1, -0.05) is 141 Å². The number of para-hydroxylation sites is 1. The van der Waals surface area contributed by atoms with E-state index >= 15 is 0 Å². The molecule has 0 N–H and O–H groups in total. The third kappa shape index (κ3) is 4.40. The number of fused-ring (bicyclic) bond motifs is 11. The van der Waals surface area contributed by atoms with Crippen molar-refractivity contribution in [1.29, 1.82) is 0 Å². The highest BCUT2D eigenvalue weighted by atomic mass is 16.3. The third-order valence-corrected chi connectivity index (χ3v) is 12.5. The number of nitrogens with zero attached hydrogens (tertiary/aromatic N) is 1. The number of furan rings is 2. The Bertz CT molecular complexity index is 3410. The van der Waals surface area contributed by atoms with Gasteiger partial charge in [-0.15, -0.1) is 0 Å². The lowest BCUT2D eigenvalue weighted by molar-refractivity contribution is 0.567. The molecule has 10 aromatic rings. The van der Waals surface area contributed by atoms with E-state index < -0.39 is 0 Å². The van der Waals surface area contributed by atoms with E-state index in [2.05, 4.69) is 176 Å². The Labute approximate surface area is 324 Å². The monoisotopic (exact) mass is 719 g/mol. The summed E-state index contributed by atoms with van der Waals surface area (Å²) in [5, 5.41) is 9.21. The van der Waals surface area contributed by atoms with Gasteiger partial charge in [-0.3, -0.25) is 0 Å². The van der Waals surface area contributed by atoms with Crippen LogP contribution in [-0.2, 0) is 5.41 Å². The molecule has 3 nitrogen and oxygen atoms in total. The fourth-order valence-electron chi connectivity index (χ4n) is 9.86. The van der Waals surface area contributed by atoms with Gasteiger partial charge in [0.15, 0.2) is 5.42 Å². The van der Waals surface area contributed by atoms with Crippen molar-refractivity contribution < 1.29 is 8.83 Å². The second-order valence-corrected chi connectivity index (χ2v) is 15.9. The third-order valence-electron chi connectivity index (χ3n) is 12.5. The Morgan fingerprint density at radius 2 is 1.21 bits per heavy atom. The maximum atomic E-state index is 7.41. The smallest absolute Gasteiger partial charge is 0.154 e. The summed E-state index contributed by atoms with van der Waals surface area (Å²) in [5.41, 5.74) is 14.4. The molecule has 56 heavy (non-hydrogen) atoms. The number of benzene rings is 8. The first kappa shape index (κ1) is 31.5. The summed E-state index contributed by atoms with van der Waals surface area (Å²) in [6.07, 6.45) is 4.10. The normalized spacial score (nSPS) is 14.4. The molecule has 0 fully saturated rings. The van der Waals surface area contributed by atoms with Crippen LogP contribution in [0.3, 0.4) is 0 Å². The van der Waals surface area contributed by atoms with Crippen LogP contribution in [0.5, 0.6) is 0 Å². The van der Waals surface area contributed by atoms with Crippen LogP contribution in [0, 0.1) is 0 Å². The van der Waals surface area contributed by atoms with E-state index in [0.717, 1.165) is 84.6 Å². The predicted molar refractivity (Wildman–Crippen MR) is 233 cm³/mol. The Morgan fingerprint density at radius 3 is 2.12 bits per heavy atom. The average Bonchev–Trinajstić information content (AvgIpc) is 3.88. The Morgan fingerprint density at radius 1 is 0.518 bits per heavy atom. The molecule has 0 bridgehead atoms. The lowest BCUT2D eigenvalue weighted by Gasteiger charge is -2.30. The number of hydrogen-bond donors (Lipinski definition) is 0. The van der Waals surface area contributed by atoms with Gasteiger partial charge in [-0.05, 0) is 98.6 Å². The van der Waals surface area contributed by atoms with Crippen molar-refractivity contribution in [1.82, 2.24) is 0 Å². The SMILES string of the molecule is CC1(C)c2ccccc2-c2ccc(N(C3=c4oc5c(-c6cccc7ccccc67)c6c(cc5c4=CCC3)oc3ccccc36)c3ccc4ccccc4c3)cc21. The first-order valence-electron chi connectivity index (χ1n) is 19.6. The van der Waals surface area contributed by atoms with Crippen molar-refractivity contribution in [2.24, 2.45) is 0 Å². The number of hydrogen-bond acceptors (Lipinski definition) is 3. The molecule has 0 unspecified atom stereocenters. The van der Waals surface area contributed by atoms with E-state index in [-0.39, 0.29) is 5.41 Å². The van der Waals surface area contributed by atoms with E-state index in [1.807, 2.05) is 6.07 Å². The fourth-order valence-corrected chi connectivity index (χ4v) is 9.86. The Hall–Kier alpha value is -6.84. The standard InChI is InChI=1S/C53H37NO2/c1-53(2)44-22-9-7-18-38(44)39-28-27-36(30-45(39)53)54(35-26-25-32-13-3-4-15-34(32)29-35)46-23-12-21-41-43-31-48-49(42-19-8-10-24-47(42)55-48)50(52(43)56-51(41)46)40-20-11-16-33-14-5-6-17-37(33)40/h3-11,13-22,24-31H,12,23H2,1-2H3. The van der Waals surface area contributed by atoms with Crippen LogP contribution in [0.1, 0.15) is 37.8 Å². The zero-order valence-electron chi connectivity index (χ0n) is 31.3. The van der Waals surface area contributed by atoms with Gasteiger partial charge in [-0.2, -0.15) is 0 Å². The van der Waals surface area contributed by atoms with Crippen molar-refractivity contribution in [3.63, 3.8) is 0 Å². The summed E-state index contributed by atoms with van der Waals surface area (Å²) in [4.78, 5) is 2.47. The van der Waals surface area contributed by atoms with Crippen molar-refractivity contribution in [3.8, 4) is 22.3 Å². The maximum Gasteiger partial charge on any atom is 0.154 e. The quantitative estimate of drug-likeness (QED) is 0.181. The highest BCUT2D eigenvalue weighted by Crippen LogP contribution is 2.51. The Kier molecular flexibility index (Phi) is 6.52. The van der Waals surface area contributed by atoms with Crippen LogP contribution in [0.25, 0.3) is 88.5 Å². The minimum atomic E-state index is -0.128. The zero-order valence-corrected chi connectivity index (χ0v) is 31.3. The molecule has 0 radical (unpaired) electrons. The molecule has 0 aliphatic heterocycles. The van der Waals surface area contributed by atoms with E-state index in [9.17, 15) is 0 Å². The number of rotatable bonds is 4. The maximum absolute atomic E-state index is 7.41. The van der Waals surface area contributed by atoms with Gasteiger partial charge >= 0.3 is 0 Å². The van der Waals surface area contributed by atoms with Gasteiger partial charge in [-0.25, -0.2) is 0 Å². The van der Waals surface area contributed by atoms with Gasteiger partial charge < -0.3 is 13.7 Å². The van der Waals surface area contributed by atoms with E-state index in [0.29, 0.717) is 0 Å². The van der Waals surface area contributed by atoms with Crippen LogP contribution in [-0.4, -0.2) is 0 Å². The van der Waals surface area contributed by atoms with Crippen molar-refractivity contribution >= 4 is 77.6 Å². The van der Waals surface area contributed by atoms with E-state index in [1.54, 1.807) is 0 Å². The molecule has 266 valence electrons. The topological polar surface area (TPSA) is 29.5 Å². The van der Waals surface area contributed by atoms with Crippen molar-refractivity contribution in [2.75, 3.05) is 4.90 Å². The first-order chi connectivity index (χ1) is 27.5. The Balaban J connectivity index is 1.18. The molecule has 0 amide bonds. The lowest BCUT2D eigenvalue weighted by Crippen LogP contribution is -2.33. The summed E-state index contributed by atoms with van der Waals surface area (Å²) < 4.78 is 14.1. The summed E-state index contributed by atoms with van der Waals surface area (Å²) >= 11 is 0. The van der Waals surface area contributed by atoms with E-state index in [1.165, 1.54) is 43.8 Å². The first-order valence-corrected chi connectivity index (χ1v) is 19.6. The highest BCUT2D eigenvalue weighted by Gasteiger charge is 2.36. The van der Waals surface area contributed by atoms with Crippen LogP contribution >= 0.6 is 0 Å². The molecule has 2 aliphatic carbocycles. The predicted octanol–water partition coefficient (Wildman–Crippen LogP) is 13.1. The molecule has 2 aliphatic rings. The molecule has 0 spiro atoms. The largest absolute Gasteiger partial charge is 0.456 e. The molecule has 2 heterocycles. The summed E-state index contributed by atoms with van der Waals surface area (Å²) in [6, 6.07) is 57.2. The zero-order chi connectivity index (χ0) is 37.1. The molecule has 3 heteroatoms. The van der Waals surface area contributed by atoms with Gasteiger partial charge in [0.1, 0.15) is 16.7 Å². The molecule has 2 aromatic heterocycles. The molecular weight excluding hydrogens is 683 g/mol. The minimum Gasteiger partial charge on any atom is -0.456 e. The molecule has 0 saturated carbocycles. The van der Waals surface area contributed by atoms with Crippen LogP contribution < -0.4 is 15.5 Å². The second kappa shape index (κ2) is 11.6. The molecule has 0 saturated heterocycles. The molecular formula is C53H37NO2. The average molecular weight is 720 g/mol. The summed E-state index contributed by atoms with van der Waals surface area (Å²) in [6.45, 7) is 4.71. The van der Waals surface area contributed by atoms with Crippen LogP contribution in [0.15, 0.2) is 167 Å². The van der Waals surface area contributed by atoms with Crippen molar-refractivity contribution in [2.45, 2.75) is 32.1 Å². The minimum absolute atomic E-state index is 0.128. The molecule has 0 atom stereocenters. The highest BCUT2D eigenvalue weighted by molar-refractivity contribution is 6.22. The molecule has 8 aromatic carbocycles. The lowest BCUT2D eigenvalue weighted by atomic mass is 9.82. The van der Waals surface area contributed by atoms with Crippen LogP contribution in [0.2, 0.25) is 0 Å². The number of anilines is 2. The summed E-state index contributed by atoms with van der Waals surface area (Å²) in [5.74, 6) is 0. The van der Waals surface area contributed by atoms with Crippen molar-refractivity contribution in [3.05, 3.63) is 179 Å². The van der Waals surface area contributed by atoms with E-state index in [4.69, 9.17) is 8.83 Å². The van der Waals surface area contributed by atoms with Gasteiger partial charge in [0.25, 0.3) is 0 Å².